The van der Waals surface area contributed by atoms with Crippen LogP contribution in [0.1, 0.15) is 5.56 Å². The molecule has 2 nitrogen and oxygen atoms in total. The Morgan fingerprint density at radius 3 is 2.60 bits per heavy atom. The zero-order valence-corrected chi connectivity index (χ0v) is 11.5. The molecule has 4 heteroatoms. The molecule has 0 N–H and O–H groups in total. The Morgan fingerprint density at radius 2 is 1.93 bits per heavy atom. The third-order valence-corrected chi connectivity index (χ3v) is 3.37. The van der Waals surface area contributed by atoms with Gasteiger partial charge in [0.05, 0.1) is 7.11 Å². The second-order valence-corrected chi connectivity index (χ2v) is 4.93. The number of halogens is 2. The van der Waals surface area contributed by atoms with Crippen molar-refractivity contribution in [2.45, 2.75) is 6.92 Å². The van der Waals surface area contributed by atoms with Gasteiger partial charge in [-0.15, -0.1) is 0 Å². The molecule has 0 radical (unpaired) electrons. The monoisotopic (exact) mass is 329 g/mol. The van der Waals surface area contributed by atoms with Gasteiger partial charge in [-0.25, -0.2) is 4.98 Å². The summed E-state index contributed by atoms with van der Waals surface area (Å²) in [5.74, 6) is 0.899. The van der Waals surface area contributed by atoms with Gasteiger partial charge in [-0.3, -0.25) is 0 Å². The van der Waals surface area contributed by atoms with Crippen molar-refractivity contribution in [1.82, 2.24) is 4.98 Å². The predicted molar refractivity (Wildman–Crippen MR) is 68.4 cm³/mol. The number of fused-ring (bicyclic) bond motifs is 1. The number of aryl methyl sites for hydroxylation is 1. The average molecular weight is 331 g/mol. The van der Waals surface area contributed by atoms with E-state index in [0.717, 1.165) is 31.2 Å². The number of hydrogen-bond acceptors (Lipinski definition) is 2. The Balaban J connectivity index is 2.91. The fourth-order valence-electron chi connectivity index (χ4n) is 1.62. The minimum absolute atomic E-state index is 0.811. The van der Waals surface area contributed by atoms with Gasteiger partial charge in [0, 0.05) is 21.4 Å². The van der Waals surface area contributed by atoms with E-state index < -0.39 is 0 Å². The van der Waals surface area contributed by atoms with Gasteiger partial charge in [0.25, 0.3) is 0 Å². The second-order valence-electron chi connectivity index (χ2n) is 3.26. The smallest absolute Gasteiger partial charge is 0.129 e. The summed E-state index contributed by atoms with van der Waals surface area (Å²) in [6, 6.07) is 4.00. The number of rotatable bonds is 1. The maximum Gasteiger partial charge on any atom is 0.129 e. The highest BCUT2D eigenvalue weighted by atomic mass is 79.9. The van der Waals surface area contributed by atoms with Crippen LogP contribution in [0.3, 0.4) is 0 Å². The fourth-order valence-corrected chi connectivity index (χ4v) is 2.62. The first-order valence-electron chi connectivity index (χ1n) is 4.42. The highest BCUT2D eigenvalue weighted by Crippen LogP contribution is 2.35. The van der Waals surface area contributed by atoms with Crippen molar-refractivity contribution >= 4 is 42.6 Å². The molecular formula is C11H9Br2NO. The maximum atomic E-state index is 5.40. The Kier molecular flexibility index (Phi) is 2.98. The van der Waals surface area contributed by atoms with Crippen LogP contribution in [-0.4, -0.2) is 12.1 Å². The quantitative estimate of drug-likeness (QED) is 0.735. The van der Waals surface area contributed by atoms with Gasteiger partial charge in [0.2, 0.25) is 0 Å². The third-order valence-electron chi connectivity index (χ3n) is 2.28. The fraction of sp³-hybridized carbons (Fsp3) is 0.182. The number of nitrogens with zero attached hydrogens (tertiary/aromatic N) is 1. The van der Waals surface area contributed by atoms with E-state index in [9.17, 15) is 0 Å². The van der Waals surface area contributed by atoms with Crippen molar-refractivity contribution in [3.63, 3.8) is 0 Å². The predicted octanol–water partition coefficient (Wildman–Crippen LogP) is 4.08. The molecular weight excluding hydrogens is 322 g/mol. The van der Waals surface area contributed by atoms with Gasteiger partial charge in [-0.1, -0.05) is 15.9 Å². The molecule has 1 aromatic heterocycles. The van der Waals surface area contributed by atoms with Crippen molar-refractivity contribution in [3.8, 4) is 5.75 Å². The number of ether oxygens (including phenoxy) is 1. The Labute approximate surface area is 105 Å². The lowest BCUT2D eigenvalue weighted by molar-refractivity contribution is 0.416. The van der Waals surface area contributed by atoms with E-state index in [1.165, 1.54) is 0 Å². The number of pyridine rings is 1. The molecule has 1 aromatic carbocycles. The van der Waals surface area contributed by atoms with Crippen LogP contribution in [0.4, 0.5) is 0 Å². The first-order chi connectivity index (χ1) is 7.13. The number of methoxy groups -OCH3 is 1. The van der Waals surface area contributed by atoms with Gasteiger partial charge in [0.15, 0.2) is 0 Å². The third kappa shape index (κ3) is 1.88. The number of hydrogen-bond donors (Lipinski definition) is 0. The van der Waals surface area contributed by atoms with E-state index in [-0.39, 0.29) is 0 Å². The normalized spacial score (nSPS) is 10.7. The summed E-state index contributed by atoms with van der Waals surface area (Å²) in [7, 11) is 1.68. The molecule has 2 aromatic rings. The topological polar surface area (TPSA) is 22.1 Å². The molecule has 15 heavy (non-hydrogen) atoms. The molecule has 0 atom stereocenters. The van der Waals surface area contributed by atoms with Crippen LogP contribution in [-0.2, 0) is 0 Å². The molecule has 2 rings (SSSR count). The summed E-state index contributed by atoms with van der Waals surface area (Å²) in [5, 5.41) is 2.12. The van der Waals surface area contributed by atoms with E-state index >= 15 is 0 Å². The largest absolute Gasteiger partial charge is 0.496 e. The van der Waals surface area contributed by atoms with Crippen molar-refractivity contribution in [2.75, 3.05) is 7.11 Å². The van der Waals surface area contributed by atoms with Crippen LogP contribution in [0.15, 0.2) is 27.4 Å². The van der Waals surface area contributed by atoms with E-state index in [4.69, 9.17) is 4.74 Å². The minimum atomic E-state index is 0.811. The van der Waals surface area contributed by atoms with Gasteiger partial charge in [-0.05, 0) is 40.5 Å². The molecule has 0 aliphatic heterocycles. The van der Waals surface area contributed by atoms with E-state index in [2.05, 4.69) is 36.8 Å². The van der Waals surface area contributed by atoms with Gasteiger partial charge in [-0.2, -0.15) is 0 Å². The van der Waals surface area contributed by atoms with Crippen LogP contribution in [0.2, 0.25) is 0 Å². The molecule has 0 saturated carbocycles. The second kappa shape index (κ2) is 4.10. The van der Waals surface area contributed by atoms with E-state index in [1.54, 1.807) is 7.11 Å². The van der Waals surface area contributed by atoms with Crippen molar-refractivity contribution < 1.29 is 4.74 Å². The Hall–Kier alpha value is -0.610. The van der Waals surface area contributed by atoms with Crippen molar-refractivity contribution in [3.05, 3.63) is 33.0 Å². The summed E-state index contributed by atoms with van der Waals surface area (Å²) < 4.78 is 7.25. The van der Waals surface area contributed by atoms with Crippen LogP contribution in [0.25, 0.3) is 10.8 Å². The zero-order chi connectivity index (χ0) is 11.0. The van der Waals surface area contributed by atoms with Gasteiger partial charge >= 0.3 is 0 Å². The van der Waals surface area contributed by atoms with Crippen LogP contribution >= 0.6 is 31.9 Å². The van der Waals surface area contributed by atoms with Crippen LogP contribution in [0.5, 0.6) is 5.75 Å². The summed E-state index contributed by atoms with van der Waals surface area (Å²) in [5.41, 5.74) is 1.11. The maximum absolute atomic E-state index is 5.40. The first kappa shape index (κ1) is 10.9. The standard InChI is InChI=1S/C11H9Br2NO/c1-6-3-9(12)8-5-14-10(13)4-7(8)11(6)15-2/h3-5H,1-2H3. The molecule has 0 bridgehead atoms. The number of benzene rings is 1. The average Bonchev–Trinajstić information content (AvgIpc) is 2.17. The lowest BCUT2D eigenvalue weighted by Gasteiger charge is -2.10. The van der Waals surface area contributed by atoms with Crippen molar-refractivity contribution in [2.24, 2.45) is 0 Å². The highest BCUT2D eigenvalue weighted by molar-refractivity contribution is 9.11. The number of aromatic nitrogens is 1. The zero-order valence-electron chi connectivity index (χ0n) is 8.34. The molecule has 78 valence electrons. The lowest BCUT2D eigenvalue weighted by atomic mass is 10.1. The summed E-state index contributed by atoms with van der Waals surface area (Å²) in [6.45, 7) is 2.03. The molecule has 0 saturated heterocycles. The van der Waals surface area contributed by atoms with Gasteiger partial charge in [0.1, 0.15) is 10.4 Å². The molecule has 1 heterocycles. The summed E-state index contributed by atoms with van der Waals surface area (Å²) >= 11 is 6.89. The SMILES string of the molecule is COc1c(C)cc(Br)c2cnc(Br)cc12. The molecule has 0 unspecified atom stereocenters. The first-order valence-corrected chi connectivity index (χ1v) is 6.00. The highest BCUT2D eigenvalue weighted by Gasteiger charge is 2.09. The molecule has 0 aliphatic rings. The summed E-state index contributed by atoms with van der Waals surface area (Å²) in [6.07, 6.45) is 1.82. The van der Waals surface area contributed by atoms with E-state index in [1.807, 2.05) is 25.3 Å². The lowest BCUT2D eigenvalue weighted by Crippen LogP contribution is -1.90. The van der Waals surface area contributed by atoms with Crippen LogP contribution < -0.4 is 4.74 Å². The Morgan fingerprint density at radius 1 is 1.20 bits per heavy atom. The molecule has 0 fully saturated rings. The molecule has 0 aliphatic carbocycles. The Bertz CT molecular complexity index is 525. The van der Waals surface area contributed by atoms with Crippen LogP contribution in [0, 0.1) is 6.92 Å². The minimum Gasteiger partial charge on any atom is -0.496 e. The van der Waals surface area contributed by atoms with Gasteiger partial charge < -0.3 is 4.74 Å². The molecule has 0 amide bonds. The molecule has 0 spiro atoms. The summed E-state index contributed by atoms with van der Waals surface area (Å²) in [4.78, 5) is 4.20. The van der Waals surface area contributed by atoms with E-state index in [0.29, 0.717) is 0 Å². The van der Waals surface area contributed by atoms with Crippen molar-refractivity contribution in [1.29, 1.82) is 0 Å².